The number of ether oxygens (including phenoxy) is 1. The number of methoxy groups -OCH3 is 1. The maximum atomic E-state index is 12.3. The smallest absolute Gasteiger partial charge is 0.227 e. The molecule has 0 aromatic heterocycles. The van der Waals surface area contributed by atoms with Gasteiger partial charge in [0.1, 0.15) is 5.75 Å². The molecule has 0 aliphatic carbocycles. The SMILES string of the molecule is CCC[C@H](C)NC(=O)[C@@H](C)c1ccc2cc(OC)ccc2c1. The van der Waals surface area contributed by atoms with Gasteiger partial charge in [0.2, 0.25) is 5.91 Å². The first-order valence-corrected chi connectivity index (χ1v) is 7.93. The van der Waals surface area contributed by atoms with Gasteiger partial charge in [-0.15, -0.1) is 0 Å². The Hall–Kier alpha value is -2.03. The second-order valence-electron chi connectivity index (χ2n) is 5.89. The average molecular weight is 299 g/mol. The third-order valence-corrected chi connectivity index (χ3v) is 4.08. The van der Waals surface area contributed by atoms with Crippen LogP contribution >= 0.6 is 0 Å². The number of nitrogens with one attached hydrogen (secondary N) is 1. The lowest BCUT2D eigenvalue weighted by atomic mass is 9.96. The van der Waals surface area contributed by atoms with Gasteiger partial charge in [0.05, 0.1) is 13.0 Å². The maximum absolute atomic E-state index is 12.3. The Labute approximate surface area is 132 Å². The molecule has 2 atom stereocenters. The summed E-state index contributed by atoms with van der Waals surface area (Å²) in [5.41, 5.74) is 1.04. The van der Waals surface area contributed by atoms with Crippen molar-refractivity contribution < 1.29 is 9.53 Å². The monoisotopic (exact) mass is 299 g/mol. The third kappa shape index (κ3) is 3.79. The highest BCUT2D eigenvalue weighted by Crippen LogP contribution is 2.25. The van der Waals surface area contributed by atoms with Crippen molar-refractivity contribution in [2.75, 3.05) is 7.11 Å². The van der Waals surface area contributed by atoms with Gasteiger partial charge in [0, 0.05) is 6.04 Å². The van der Waals surface area contributed by atoms with Crippen LogP contribution in [-0.4, -0.2) is 19.1 Å². The molecule has 1 amide bonds. The zero-order valence-electron chi connectivity index (χ0n) is 13.8. The molecular weight excluding hydrogens is 274 g/mol. The van der Waals surface area contributed by atoms with E-state index in [0.717, 1.165) is 34.9 Å². The molecule has 0 aliphatic rings. The number of benzene rings is 2. The van der Waals surface area contributed by atoms with E-state index in [-0.39, 0.29) is 17.9 Å². The second-order valence-corrected chi connectivity index (χ2v) is 5.89. The lowest BCUT2D eigenvalue weighted by Crippen LogP contribution is -2.35. The zero-order chi connectivity index (χ0) is 16.1. The van der Waals surface area contributed by atoms with E-state index in [0.29, 0.717) is 0 Å². The summed E-state index contributed by atoms with van der Waals surface area (Å²) in [6, 6.07) is 12.4. The summed E-state index contributed by atoms with van der Waals surface area (Å²) >= 11 is 0. The Morgan fingerprint density at radius 1 is 1.14 bits per heavy atom. The fraction of sp³-hybridized carbons (Fsp3) is 0.421. The predicted molar refractivity (Wildman–Crippen MR) is 91.4 cm³/mol. The van der Waals surface area contributed by atoms with Gasteiger partial charge in [0.15, 0.2) is 0 Å². The fourth-order valence-corrected chi connectivity index (χ4v) is 2.66. The molecule has 0 radical (unpaired) electrons. The first kappa shape index (κ1) is 16.3. The van der Waals surface area contributed by atoms with Crippen molar-refractivity contribution in [3.63, 3.8) is 0 Å². The van der Waals surface area contributed by atoms with Crippen LogP contribution in [0.3, 0.4) is 0 Å². The second kappa shape index (κ2) is 7.30. The van der Waals surface area contributed by atoms with Crippen LogP contribution in [-0.2, 0) is 4.79 Å². The highest BCUT2D eigenvalue weighted by atomic mass is 16.5. The normalized spacial score (nSPS) is 13.6. The van der Waals surface area contributed by atoms with Crippen LogP contribution in [0.5, 0.6) is 5.75 Å². The molecule has 0 bridgehead atoms. The molecular formula is C19H25NO2. The maximum Gasteiger partial charge on any atom is 0.227 e. The van der Waals surface area contributed by atoms with Gasteiger partial charge < -0.3 is 10.1 Å². The summed E-state index contributed by atoms with van der Waals surface area (Å²) in [6.45, 7) is 6.14. The van der Waals surface area contributed by atoms with Crippen molar-refractivity contribution in [2.24, 2.45) is 0 Å². The topological polar surface area (TPSA) is 38.3 Å². The van der Waals surface area contributed by atoms with Crippen molar-refractivity contribution >= 4 is 16.7 Å². The number of carbonyl (C=O) groups excluding carboxylic acids is 1. The number of hydrogen-bond acceptors (Lipinski definition) is 2. The zero-order valence-corrected chi connectivity index (χ0v) is 13.8. The van der Waals surface area contributed by atoms with Crippen LogP contribution in [0, 0.1) is 0 Å². The quantitative estimate of drug-likeness (QED) is 0.865. The summed E-state index contributed by atoms with van der Waals surface area (Å²) in [7, 11) is 1.67. The van der Waals surface area contributed by atoms with Crippen LogP contribution in [0.15, 0.2) is 36.4 Å². The summed E-state index contributed by atoms with van der Waals surface area (Å²) < 4.78 is 5.24. The molecule has 3 heteroatoms. The van der Waals surface area contributed by atoms with Gasteiger partial charge in [-0.2, -0.15) is 0 Å². The van der Waals surface area contributed by atoms with Crippen molar-refractivity contribution in [3.05, 3.63) is 42.0 Å². The Morgan fingerprint density at radius 3 is 2.50 bits per heavy atom. The van der Waals surface area contributed by atoms with Gasteiger partial charge in [0.25, 0.3) is 0 Å². The highest BCUT2D eigenvalue weighted by molar-refractivity contribution is 5.88. The minimum atomic E-state index is -0.147. The fourth-order valence-electron chi connectivity index (χ4n) is 2.66. The van der Waals surface area contributed by atoms with Crippen LogP contribution in [0.2, 0.25) is 0 Å². The first-order valence-electron chi connectivity index (χ1n) is 7.93. The van der Waals surface area contributed by atoms with Crippen LogP contribution in [0.4, 0.5) is 0 Å². The highest BCUT2D eigenvalue weighted by Gasteiger charge is 2.17. The Morgan fingerprint density at radius 2 is 1.82 bits per heavy atom. The lowest BCUT2D eigenvalue weighted by Gasteiger charge is -2.17. The number of fused-ring (bicyclic) bond motifs is 1. The molecule has 2 aromatic carbocycles. The number of carbonyl (C=O) groups is 1. The molecule has 22 heavy (non-hydrogen) atoms. The van der Waals surface area contributed by atoms with E-state index in [9.17, 15) is 4.79 Å². The molecule has 2 rings (SSSR count). The number of amides is 1. The van der Waals surface area contributed by atoms with E-state index in [2.05, 4.69) is 25.2 Å². The minimum Gasteiger partial charge on any atom is -0.497 e. The predicted octanol–water partition coefficient (Wildman–Crippen LogP) is 4.26. The van der Waals surface area contributed by atoms with Crippen LogP contribution in [0.1, 0.15) is 45.1 Å². The van der Waals surface area contributed by atoms with Gasteiger partial charge in [-0.3, -0.25) is 4.79 Å². The summed E-state index contributed by atoms with van der Waals surface area (Å²) in [5.74, 6) is 0.791. The third-order valence-electron chi connectivity index (χ3n) is 4.08. The molecule has 3 nitrogen and oxygen atoms in total. The van der Waals surface area contributed by atoms with E-state index in [1.54, 1.807) is 7.11 Å². The molecule has 0 saturated heterocycles. The lowest BCUT2D eigenvalue weighted by molar-refractivity contribution is -0.122. The molecule has 2 aromatic rings. The Balaban J connectivity index is 2.17. The van der Waals surface area contributed by atoms with E-state index in [4.69, 9.17) is 4.74 Å². The van der Waals surface area contributed by atoms with E-state index in [1.165, 1.54) is 0 Å². The minimum absolute atomic E-state index is 0.0915. The Bertz CT molecular complexity index is 651. The molecule has 118 valence electrons. The molecule has 0 aliphatic heterocycles. The average Bonchev–Trinajstić information content (AvgIpc) is 2.53. The van der Waals surface area contributed by atoms with Crippen LogP contribution in [0.25, 0.3) is 10.8 Å². The van der Waals surface area contributed by atoms with Crippen molar-refractivity contribution in [3.8, 4) is 5.75 Å². The summed E-state index contributed by atoms with van der Waals surface area (Å²) in [6.07, 6.45) is 2.09. The molecule has 0 saturated carbocycles. The van der Waals surface area contributed by atoms with Crippen LogP contribution < -0.4 is 10.1 Å². The standard InChI is InChI=1S/C19H25NO2/c1-5-6-13(2)20-19(21)14(3)15-7-8-17-12-18(22-4)10-9-16(17)11-15/h7-14H,5-6H2,1-4H3,(H,20,21)/t13-,14-/m0/s1. The molecule has 0 spiro atoms. The first-order chi connectivity index (χ1) is 10.5. The van der Waals surface area contributed by atoms with Crippen molar-refractivity contribution in [1.82, 2.24) is 5.32 Å². The van der Waals surface area contributed by atoms with E-state index >= 15 is 0 Å². The largest absolute Gasteiger partial charge is 0.497 e. The molecule has 0 unspecified atom stereocenters. The summed E-state index contributed by atoms with van der Waals surface area (Å²) in [4.78, 5) is 12.3. The van der Waals surface area contributed by atoms with Gasteiger partial charge in [-0.25, -0.2) is 0 Å². The Kier molecular flexibility index (Phi) is 5.42. The van der Waals surface area contributed by atoms with E-state index in [1.807, 2.05) is 37.3 Å². The molecule has 1 N–H and O–H groups in total. The van der Waals surface area contributed by atoms with Gasteiger partial charge in [-0.05, 0) is 48.7 Å². The van der Waals surface area contributed by atoms with Crippen molar-refractivity contribution in [2.45, 2.75) is 45.6 Å². The van der Waals surface area contributed by atoms with Gasteiger partial charge >= 0.3 is 0 Å². The number of hydrogen-bond donors (Lipinski definition) is 1. The van der Waals surface area contributed by atoms with Gasteiger partial charge in [-0.1, -0.05) is 37.6 Å². The summed E-state index contributed by atoms with van der Waals surface area (Å²) in [5, 5.41) is 5.33. The number of rotatable bonds is 6. The molecule has 0 fully saturated rings. The molecule has 0 heterocycles. The van der Waals surface area contributed by atoms with E-state index < -0.39 is 0 Å². The van der Waals surface area contributed by atoms with Crippen molar-refractivity contribution in [1.29, 1.82) is 0 Å².